The molecule has 0 saturated carbocycles. The highest BCUT2D eigenvalue weighted by atomic mass is 16.5. The van der Waals surface area contributed by atoms with Crippen molar-refractivity contribution in [2.75, 3.05) is 24.6 Å². The molecule has 1 N–H and O–H groups in total. The molecule has 1 atom stereocenters. The highest BCUT2D eigenvalue weighted by molar-refractivity contribution is 5.67. The van der Waals surface area contributed by atoms with Crippen molar-refractivity contribution in [3.05, 3.63) is 42.7 Å². The number of carbonyl (C=O) groups excluding carboxylic acids is 1. The van der Waals surface area contributed by atoms with E-state index in [0.29, 0.717) is 31.0 Å². The van der Waals surface area contributed by atoms with E-state index in [9.17, 15) is 4.79 Å². The molecule has 0 aliphatic carbocycles. The predicted octanol–water partition coefficient (Wildman–Crippen LogP) is 0.500. The third kappa shape index (κ3) is 3.83. The average Bonchev–Trinajstić information content (AvgIpc) is 3.50. The maximum absolute atomic E-state index is 12.1. The number of fused-ring (bicyclic) bond motifs is 2. The van der Waals surface area contributed by atoms with Gasteiger partial charge in [0.1, 0.15) is 18.5 Å². The molecule has 1 saturated heterocycles. The van der Waals surface area contributed by atoms with Crippen LogP contribution in [0.2, 0.25) is 0 Å². The Bertz CT molecular complexity index is 1170. The van der Waals surface area contributed by atoms with Crippen LogP contribution in [0.3, 0.4) is 0 Å². The number of nitrogens with one attached hydrogen (secondary N) is 1. The summed E-state index contributed by atoms with van der Waals surface area (Å²) in [5.74, 6) is 1.40. The molecule has 1 fully saturated rings. The number of hydrogen-bond acceptors (Lipinski definition) is 9. The van der Waals surface area contributed by atoms with Crippen LogP contribution in [0, 0.1) is 0 Å². The van der Waals surface area contributed by atoms with E-state index < -0.39 is 6.09 Å². The van der Waals surface area contributed by atoms with Crippen LogP contribution in [0.5, 0.6) is 0 Å². The molecular weight excluding hydrogens is 388 g/mol. The highest BCUT2D eigenvalue weighted by Crippen LogP contribution is 2.18. The molecule has 0 aromatic carbocycles. The van der Waals surface area contributed by atoms with Crippen molar-refractivity contribution in [1.29, 1.82) is 0 Å². The molecular formula is C18H20N10O2. The number of aromatic nitrogens is 8. The van der Waals surface area contributed by atoms with Gasteiger partial charge in [-0.2, -0.15) is 14.6 Å². The molecule has 154 valence electrons. The summed E-state index contributed by atoms with van der Waals surface area (Å²) < 4.78 is 8.60. The van der Waals surface area contributed by atoms with Crippen LogP contribution < -0.4 is 10.2 Å². The van der Waals surface area contributed by atoms with Crippen LogP contribution in [0.25, 0.3) is 11.4 Å². The van der Waals surface area contributed by atoms with Crippen molar-refractivity contribution >= 4 is 23.3 Å². The summed E-state index contributed by atoms with van der Waals surface area (Å²) in [5, 5.41) is 19.3. The van der Waals surface area contributed by atoms with Gasteiger partial charge in [-0.05, 0) is 37.0 Å². The second kappa shape index (κ2) is 7.89. The van der Waals surface area contributed by atoms with E-state index in [1.165, 1.54) is 6.33 Å². The number of ether oxygens (including phenoxy) is 1. The summed E-state index contributed by atoms with van der Waals surface area (Å²) in [4.78, 5) is 22.5. The van der Waals surface area contributed by atoms with Gasteiger partial charge in [0.15, 0.2) is 5.65 Å². The zero-order valence-corrected chi connectivity index (χ0v) is 16.1. The van der Waals surface area contributed by atoms with Crippen LogP contribution >= 0.6 is 0 Å². The molecule has 1 aliphatic rings. The van der Waals surface area contributed by atoms with Gasteiger partial charge in [0.25, 0.3) is 5.78 Å². The number of alkyl carbamates (subject to hydrolysis) is 1. The summed E-state index contributed by atoms with van der Waals surface area (Å²) >= 11 is 0. The molecule has 30 heavy (non-hydrogen) atoms. The lowest BCUT2D eigenvalue weighted by molar-refractivity contribution is 0.141. The monoisotopic (exact) mass is 408 g/mol. The number of amides is 1. The Morgan fingerprint density at radius 1 is 1.27 bits per heavy atom. The lowest BCUT2D eigenvalue weighted by Gasteiger charge is -2.17. The van der Waals surface area contributed by atoms with Gasteiger partial charge in [-0.15, -0.1) is 15.3 Å². The fraction of sp³-hybridized carbons (Fsp3) is 0.389. The minimum Gasteiger partial charge on any atom is -0.450 e. The van der Waals surface area contributed by atoms with Crippen molar-refractivity contribution in [3.63, 3.8) is 0 Å². The van der Waals surface area contributed by atoms with Gasteiger partial charge in [0, 0.05) is 25.5 Å². The molecule has 4 aromatic rings. The van der Waals surface area contributed by atoms with Crippen molar-refractivity contribution in [1.82, 2.24) is 44.7 Å². The number of hydrogen-bond donors (Lipinski definition) is 1. The number of carbonyl (C=O) groups is 1. The van der Waals surface area contributed by atoms with Crippen molar-refractivity contribution < 1.29 is 9.53 Å². The summed E-state index contributed by atoms with van der Waals surface area (Å²) in [5.41, 5.74) is 1.72. The lowest BCUT2D eigenvalue weighted by Crippen LogP contribution is -2.37. The molecule has 0 bridgehead atoms. The van der Waals surface area contributed by atoms with Crippen LogP contribution in [0.1, 0.15) is 18.4 Å². The Morgan fingerprint density at radius 3 is 3.20 bits per heavy atom. The van der Waals surface area contributed by atoms with Crippen molar-refractivity contribution in [3.8, 4) is 0 Å². The van der Waals surface area contributed by atoms with Gasteiger partial charge in [0.05, 0.1) is 12.6 Å². The molecule has 5 rings (SSSR count). The second-order valence-electron chi connectivity index (χ2n) is 7.11. The summed E-state index contributed by atoms with van der Waals surface area (Å²) in [7, 11) is 0. The quantitative estimate of drug-likeness (QED) is 0.454. The van der Waals surface area contributed by atoms with Crippen molar-refractivity contribution in [2.24, 2.45) is 0 Å². The SMILES string of the molecule is O=C(N[C@H]1CCN(c2ccc3nncn3n2)C1)OCCCc1cnc2ncnn2c1. The van der Waals surface area contributed by atoms with Gasteiger partial charge >= 0.3 is 6.09 Å². The van der Waals surface area contributed by atoms with E-state index in [1.807, 2.05) is 18.3 Å². The smallest absolute Gasteiger partial charge is 0.407 e. The number of aryl methyl sites for hydroxylation is 1. The van der Waals surface area contributed by atoms with E-state index in [4.69, 9.17) is 4.74 Å². The fourth-order valence-corrected chi connectivity index (χ4v) is 3.51. The van der Waals surface area contributed by atoms with Crippen molar-refractivity contribution in [2.45, 2.75) is 25.3 Å². The Hall–Kier alpha value is -3.83. The molecule has 0 unspecified atom stereocenters. The van der Waals surface area contributed by atoms with E-state index in [2.05, 4.69) is 40.6 Å². The fourth-order valence-electron chi connectivity index (χ4n) is 3.51. The molecule has 1 amide bonds. The number of anilines is 1. The first-order valence-corrected chi connectivity index (χ1v) is 9.74. The minimum absolute atomic E-state index is 0.0230. The van der Waals surface area contributed by atoms with Gasteiger partial charge in [-0.25, -0.2) is 14.3 Å². The van der Waals surface area contributed by atoms with Gasteiger partial charge in [-0.1, -0.05) is 0 Å². The Labute approximate surface area is 170 Å². The molecule has 12 heteroatoms. The van der Waals surface area contributed by atoms with Crippen LogP contribution in [-0.2, 0) is 11.2 Å². The first-order valence-electron chi connectivity index (χ1n) is 9.74. The zero-order chi connectivity index (χ0) is 20.3. The van der Waals surface area contributed by atoms with Crippen LogP contribution in [0.15, 0.2) is 37.2 Å². The molecule has 0 radical (unpaired) electrons. The van der Waals surface area contributed by atoms with Gasteiger partial charge < -0.3 is 15.0 Å². The second-order valence-corrected chi connectivity index (χ2v) is 7.11. The number of nitrogens with zero attached hydrogens (tertiary/aromatic N) is 9. The van der Waals surface area contributed by atoms with Gasteiger partial charge in [-0.3, -0.25) is 0 Å². The number of rotatable bonds is 6. The topological polar surface area (TPSA) is 128 Å². The highest BCUT2D eigenvalue weighted by Gasteiger charge is 2.25. The average molecular weight is 408 g/mol. The van der Waals surface area contributed by atoms with E-state index >= 15 is 0 Å². The standard InChI is InChI=1S/C18H20N10O2/c29-18(30-7-1-2-13-8-19-17-20-11-22-27(17)9-13)23-14-5-6-26(10-14)16-4-3-15-24-21-12-28(15)25-16/h3-4,8-9,11-12,14H,1-2,5-7,10H2,(H,23,29)/t14-/m0/s1. The molecule has 5 heterocycles. The predicted molar refractivity (Wildman–Crippen MR) is 105 cm³/mol. The largest absolute Gasteiger partial charge is 0.450 e. The summed E-state index contributed by atoms with van der Waals surface area (Å²) in [6, 6.07) is 3.81. The Balaban J connectivity index is 1.06. The van der Waals surface area contributed by atoms with Crippen LogP contribution in [-0.4, -0.2) is 71.2 Å². The van der Waals surface area contributed by atoms with Gasteiger partial charge in [0.2, 0.25) is 0 Å². The minimum atomic E-state index is -0.395. The van der Waals surface area contributed by atoms with E-state index in [1.54, 1.807) is 21.6 Å². The summed E-state index contributed by atoms with van der Waals surface area (Å²) in [6.07, 6.45) is 8.57. The van der Waals surface area contributed by atoms with E-state index in [-0.39, 0.29) is 6.04 Å². The molecule has 0 spiro atoms. The first kappa shape index (κ1) is 18.2. The third-order valence-electron chi connectivity index (χ3n) is 5.01. The molecule has 1 aliphatic heterocycles. The molecule has 12 nitrogen and oxygen atoms in total. The third-order valence-corrected chi connectivity index (χ3v) is 5.01. The van der Waals surface area contributed by atoms with E-state index in [0.717, 1.165) is 30.8 Å². The zero-order valence-electron chi connectivity index (χ0n) is 16.1. The maximum Gasteiger partial charge on any atom is 0.407 e. The summed E-state index contributed by atoms with van der Waals surface area (Å²) in [6.45, 7) is 1.83. The lowest BCUT2D eigenvalue weighted by atomic mass is 10.2. The first-order chi connectivity index (χ1) is 14.7. The Morgan fingerprint density at radius 2 is 2.23 bits per heavy atom. The molecule has 4 aromatic heterocycles. The normalized spacial score (nSPS) is 16.4. The van der Waals surface area contributed by atoms with Crippen LogP contribution in [0.4, 0.5) is 10.6 Å². The maximum atomic E-state index is 12.1. The Kier molecular flexibility index (Phi) is 4.79.